The maximum atomic E-state index is 10.6. The van der Waals surface area contributed by atoms with Gasteiger partial charge in [0.1, 0.15) is 11.5 Å². The topological polar surface area (TPSA) is 55.1 Å². The minimum atomic E-state index is 0.431. The van der Waals surface area contributed by atoms with Crippen molar-refractivity contribution in [1.82, 2.24) is 10.3 Å². The Kier molecular flexibility index (Phi) is 3.16. The van der Waals surface area contributed by atoms with Crippen molar-refractivity contribution in [1.29, 1.82) is 0 Å². The number of piperidine rings is 1. The lowest BCUT2D eigenvalue weighted by molar-refractivity contribution is 0.111. The van der Waals surface area contributed by atoms with Crippen LogP contribution in [0.15, 0.2) is 4.42 Å². The average Bonchev–Trinajstić information content (AvgIpc) is 2.60. The van der Waals surface area contributed by atoms with Gasteiger partial charge in [0.25, 0.3) is 0 Å². The van der Waals surface area contributed by atoms with Crippen molar-refractivity contribution in [2.75, 3.05) is 6.54 Å². The van der Waals surface area contributed by atoms with Gasteiger partial charge in [0.05, 0.1) is 0 Å². The first-order chi connectivity index (χ1) is 7.29. The number of nitrogens with zero attached hydrogens (tertiary/aromatic N) is 1. The highest BCUT2D eigenvalue weighted by molar-refractivity contribution is 5.72. The molecule has 1 unspecified atom stereocenters. The third kappa shape index (κ3) is 2.45. The number of hydrogen-bond acceptors (Lipinski definition) is 4. The van der Waals surface area contributed by atoms with E-state index in [0.717, 1.165) is 25.7 Å². The predicted molar refractivity (Wildman–Crippen MR) is 56.0 cm³/mol. The summed E-state index contributed by atoms with van der Waals surface area (Å²) in [5.74, 6) is 1.30. The Hall–Kier alpha value is -1.16. The van der Waals surface area contributed by atoms with Crippen molar-refractivity contribution in [3.8, 4) is 0 Å². The van der Waals surface area contributed by atoms with E-state index in [4.69, 9.17) is 4.42 Å². The van der Waals surface area contributed by atoms with E-state index in [1.54, 1.807) is 6.92 Å². The summed E-state index contributed by atoms with van der Waals surface area (Å²) in [7, 11) is 0. The average molecular weight is 208 g/mol. The van der Waals surface area contributed by atoms with Crippen LogP contribution in [-0.4, -0.2) is 23.9 Å². The highest BCUT2D eigenvalue weighted by Gasteiger charge is 2.17. The van der Waals surface area contributed by atoms with E-state index in [2.05, 4.69) is 10.3 Å². The van der Waals surface area contributed by atoms with Crippen molar-refractivity contribution in [3.05, 3.63) is 17.3 Å². The van der Waals surface area contributed by atoms with Crippen molar-refractivity contribution in [2.45, 2.75) is 38.6 Å². The summed E-state index contributed by atoms with van der Waals surface area (Å²) in [5.41, 5.74) is 0.431. The van der Waals surface area contributed by atoms with E-state index in [-0.39, 0.29) is 0 Å². The molecule has 15 heavy (non-hydrogen) atoms. The van der Waals surface area contributed by atoms with Crippen LogP contribution in [0.3, 0.4) is 0 Å². The van der Waals surface area contributed by atoms with Gasteiger partial charge in [-0.3, -0.25) is 4.79 Å². The highest BCUT2D eigenvalue weighted by Crippen LogP contribution is 2.14. The van der Waals surface area contributed by atoms with E-state index in [1.165, 1.54) is 12.8 Å². The van der Waals surface area contributed by atoms with Gasteiger partial charge in [-0.05, 0) is 26.3 Å². The number of aromatic nitrogens is 1. The number of rotatable bonds is 3. The predicted octanol–water partition coefficient (Wildman–Crippen LogP) is 1.48. The molecule has 1 aliphatic rings. The molecule has 4 nitrogen and oxygen atoms in total. The third-order valence-electron chi connectivity index (χ3n) is 2.82. The standard InChI is InChI=1S/C11H16N2O2/c1-8-10(7-14)13-11(15-8)6-9-4-2-3-5-12-9/h7,9,12H,2-6H2,1H3. The van der Waals surface area contributed by atoms with E-state index < -0.39 is 0 Å². The molecule has 2 rings (SSSR count). The molecule has 0 aromatic carbocycles. The summed E-state index contributed by atoms with van der Waals surface area (Å²) in [5, 5.41) is 3.43. The van der Waals surface area contributed by atoms with Crippen molar-refractivity contribution >= 4 is 6.29 Å². The summed E-state index contributed by atoms with van der Waals surface area (Å²) in [6.07, 6.45) is 5.21. The molecule has 0 spiro atoms. The largest absolute Gasteiger partial charge is 0.445 e. The van der Waals surface area contributed by atoms with E-state index in [0.29, 0.717) is 23.4 Å². The second-order valence-electron chi connectivity index (χ2n) is 4.02. The van der Waals surface area contributed by atoms with E-state index in [9.17, 15) is 4.79 Å². The summed E-state index contributed by atoms with van der Waals surface area (Å²) in [6.45, 7) is 2.85. The van der Waals surface area contributed by atoms with Crippen LogP contribution in [0.1, 0.15) is 41.4 Å². The summed E-state index contributed by atoms with van der Waals surface area (Å²) in [6, 6.07) is 0.455. The maximum absolute atomic E-state index is 10.6. The molecule has 0 aliphatic carbocycles. The summed E-state index contributed by atoms with van der Waals surface area (Å²) < 4.78 is 5.43. The molecule has 1 aromatic heterocycles. The number of aryl methyl sites for hydroxylation is 1. The fraction of sp³-hybridized carbons (Fsp3) is 0.636. The van der Waals surface area contributed by atoms with E-state index in [1.807, 2.05) is 0 Å². The molecule has 0 bridgehead atoms. The third-order valence-corrected chi connectivity index (χ3v) is 2.82. The van der Waals surface area contributed by atoms with Crippen LogP contribution in [0.2, 0.25) is 0 Å². The Morgan fingerprint density at radius 1 is 1.60 bits per heavy atom. The van der Waals surface area contributed by atoms with Gasteiger partial charge in [-0.2, -0.15) is 0 Å². The molecule has 1 saturated heterocycles. The number of nitrogens with one attached hydrogen (secondary N) is 1. The highest BCUT2D eigenvalue weighted by atomic mass is 16.4. The Morgan fingerprint density at radius 2 is 2.47 bits per heavy atom. The molecular formula is C11H16N2O2. The zero-order valence-electron chi connectivity index (χ0n) is 8.95. The van der Waals surface area contributed by atoms with Crippen LogP contribution in [0.5, 0.6) is 0 Å². The Morgan fingerprint density at radius 3 is 3.07 bits per heavy atom. The van der Waals surface area contributed by atoms with Gasteiger partial charge < -0.3 is 9.73 Å². The van der Waals surface area contributed by atoms with Crippen LogP contribution in [0.25, 0.3) is 0 Å². The number of oxazole rings is 1. The lowest BCUT2D eigenvalue weighted by Crippen LogP contribution is -2.35. The fourth-order valence-corrected chi connectivity index (χ4v) is 1.97. The second-order valence-corrected chi connectivity index (χ2v) is 4.02. The van der Waals surface area contributed by atoms with Crippen LogP contribution in [0, 0.1) is 6.92 Å². The van der Waals surface area contributed by atoms with Crippen molar-refractivity contribution < 1.29 is 9.21 Å². The van der Waals surface area contributed by atoms with Gasteiger partial charge in [-0.15, -0.1) is 0 Å². The molecule has 0 amide bonds. The molecule has 1 fully saturated rings. The van der Waals surface area contributed by atoms with Gasteiger partial charge in [-0.1, -0.05) is 6.42 Å². The first kappa shape index (κ1) is 10.4. The fourth-order valence-electron chi connectivity index (χ4n) is 1.97. The van der Waals surface area contributed by atoms with Crippen LogP contribution in [-0.2, 0) is 6.42 Å². The normalized spacial score (nSPS) is 21.5. The van der Waals surface area contributed by atoms with Crippen molar-refractivity contribution in [3.63, 3.8) is 0 Å². The minimum Gasteiger partial charge on any atom is -0.445 e. The molecule has 0 radical (unpaired) electrons. The molecule has 82 valence electrons. The Bertz CT molecular complexity index is 340. The Balaban J connectivity index is 2.00. The molecule has 1 aliphatic heterocycles. The van der Waals surface area contributed by atoms with E-state index >= 15 is 0 Å². The molecule has 4 heteroatoms. The molecular weight excluding hydrogens is 192 g/mol. The zero-order valence-corrected chi connectivity index (χ0v) is 8.95. The lowest BCUT2D eigenvalue weighted by atomic mass is 10.0. The van der Waals surface area contributed by atoms with Crippen LogP contribution in [0.4, 0.5) is 0 Å². The van der Waals surface area contributed by atoms with Gasteiger partial charge in [-0.25, -0.2) is 4.98 Å². The molecule has 1 atom stereocenters. The first-order valence-corrected chi connectivity index (χ1v) is 5.44. The van der Waals surface area contributed by atoms with Gasteiger partial charge in [0, 0.05) is 12.5 Å². The number of carbonyl (C=O) groups is 1. The van der Waals surface area contributed by atoms with Gasteiger partial charge in [0.15, 0.2) is 12.2 Å². The first-order valence-electron chi connectivity index (χ1n) is 5.44. The maximum Gasteiger partial charge on any atom is 0.196 e. The van der Waals surface area contributed by atoms with Crippen molar-refractivity contribution in [2.24, 2.45) is 0 Å². The molecule has 1 N–H and O–H groups in total. The van der Waals surface area contributed by atoms with Gasteiger partial charge >= 0.3 is 0 Å². The lowest BCUT2D eigenvalue weighted by Gasteiger charge is -2.21. The number of carbonyl (C=O) groups excluding carboxylic acids is 1. The van der Waals surface area contributed by atoms with Crippen LogP contribution < -0.4 is 5.32 Å². The monoisotopic (exact) mass is 208 g/mol. The SMILES string of the molecule is Cc1oc(CC2CCCCN2)nc1C=O. The van der Waals surface area contributed by atoms with Gasteiger partial charge in [0.2, 0.25) is 0 Å². The number of hydrogen-bond donors (Lipinski definition) is 1. The molecule has 1 aromatic rings. The quantitative estimate of drug-likeness (QED) is 0.764. The molecule has 2 heterocycles. The molecule has 0 saturated carbocycles. The second kappa shape index (κ2) is 4.57. The summed E-state index contributed by atoms with van der Waals surface area (Å²) in [4.78, 5) is 14.7. The summed E-state index contributed by atoms with van der Waals surface area (Å²) >= 11 is 0. The Labute approximate surface area is 89.1 Å². The van der Waals surface area contributed by atoms with Crippen LogP contribution >= 0.6 is 0 Å². The zero-order chi connectivity index (χ0) is 10.7. The smallest absolute Gasteiger partial charge is 0.196 e. The number of aldehydes is 1. The minimum absolute atomic E-state index is 0.431.